The van der Waals surface area contributed by atoms with Crippen LogP contribution in [0.5, 0.6) is 11.5 Å². The molecule has 5 heteroatoms. The Bertz CT molecular complexity index is 755. The minimum absolute atomic E-state index is 0.148. The van der Waals surface area contributed by atoms with Crippen LogP contribution in [0.2, 0.25) is 0 Å². The van der Waals surface area contributed by atoms with Gasteiger partial charge in [-0.2, -0.15) is 8.42 Å². The number of ether oxygens (including phenoxy) is 1. The van der Waals surface area contributed by atoms with Crippen LogP contribution in [-0.4, -0.2) is 13.0 Å². The lowest BCUT2D eigenvalue weighted by molar-refractivity contribution is 0.466. The van der Waals surface area contributed by atoms with E-state index in [1.54, 1.807) is 6.07 Å². The largest absolute Gasteiger partial charge is 0.457 e. The van der Waals surface area contributed by atoms with E-state index in [1.165, 1.54) is 37.8 Å². The molecular formula is C20H26O4S. The summed E-state index contributed by atoms with van der Waals surface area (Å²) in [6.45, 7) is 2.20. The summed E-state index contributed by atoms with van der Waals surface area (Å²) in [5.74, 6) is 1.12. The van der Waals surface area contributed by atoms with Crippen LogP contribution in [0.4, 0.5) is 0 Å². The molecule has 2 aromatic rings. The van der Waals surface area contributed by atoms with Gasteiger partial charge in [0.05, 0.1) is 4.90 Å². The highest BCUT2D eigenvalue weighted by atomic mass is 32.2. The van der Waals surface area contributed by atoms with Gasteiger partial charge in [0.25, 0.3) is 10.1 Å². The van der Waals surface area contributed by atoms with E-state index in [2.05, 4.69) is 6.92 Å². The van der Waals surface area contributed by atoms with Gasteiger partial charge < -0.3 is 4.74 Å². The second kappa shape index (κ2) is 9.59. The molecule has 0 saturated heterocycles. The lowest BCUT2D eigenvalue weighted by Crippen LogP contribution is -2.00. The van der Waals surface area contributed by atoms with Crippen molar-refractivity contribution in [3.05, 3.63) is 54.1 Å². The molecule has 0 unspecified atom stereocenters. The van der Waals surface area contributed by atoms with Crippen molar-refractivity contribution in [2.24, 2.45) is 0 Å². The van der Waals surface area contributed by atoms with Gasteiger partial charge in [0.15, 0.2) is 0 Å². The standard InChI is InChI=1S/C20H26O4S/c1-2-3-4-5-6-8-11-17-14-15-19(25(21,22)23)16-20(17)24-18-12-9-7-10-13-18/h7,9-10,12-16H,2-6,8,11H2,1H3,(H,21,22,23). The minimum atomic E-state index is -4.25. The van der Waals surface area contributed by atoms with E-state index in [4.69, 9.17) is 4.74 Å². The summed E-state index contributed by atoms with van der Waals surface area (Å²) in [7, 11) is -4.25. The molecule has 0 aliphatic heterocycles. The first-order valence-electron chi connectivity index (χ1n) is 8.84. The first-order valence-corrected chi connectivity index (χ1v) is 10.3. The molecule has 0 bridgehead atoms. The maximum atomic E-state index is 11.4. The third-order valence-corrected chi connectivity index (χ3v) is 4.96. The Kier molecular flexibility index (Phi) is 7.47. The Labute approximate surface area is 150 Å². The third kappa shape index (κ3) is 6.52. The number of benzene rings is 2. The molecule has 2 aromatic carbocycles. The monoisotopic (exact) mass is 362 g/mol. The van der Waals surface area contributed by atoms with Gasteiger partial charge >= 0.3 is 0 Å². The van der Waals surface area contributed by atoms with Gasteiger partial charge in [0.2, 0.25) is 0 Å². The van der Waals surface area contributed by atoms with E-state index in [1.807, 2.05) is 30.3 Å². The fourth-order valence-corrected chi connectivity index (χ4v) is 3.20. The molecule has 25 heavy (non-hydrogen) atoms. The van der Waals surface area contributed by atoms with Crippen molar-refractivity contribution in [2.45, 2.75) is 56.8 Å². The van der Waals surface area contributed by atoms with Gasteiger partial charge in [-0.05, 0) is 36.6 Å². The topological polar surface area (TPSA) is 63.6 Å². The smallest absolute Gasteiger partial charge is 0.294 e. The van der Waals surface area contributed by atoms with Crippen LogP contribution < -0.4 is 4.74 Å². The highest BCUT2D eigenvalue weighted by Crippen LogP contribution is 2.29. The first-order chi connectivity index (χ1) is 12.0. The van der Waals surface area contributed by atoms with Crippen molar-refractivity contribution >= 4 is 10.1 Å². The molecule has 0 radical (unpaired) electrons. The Morgan fingerprint density at radius 3 is 2.28 bits per heavy atom. The number of hydrogen-bond acceptors (Lipinski definition) is 3. The predicted octanol–water partition coefficient (Wildman–Crippen LogP) is 5.63. The number of unbranched alkanes of at least 4 members (excludes halogenated alkanes) is 5. The van der Waals surface area contributed by atoms with Crippen LogP contribution in [0, 0.1) is 0 Å². The average molecular weight is 362 g/mol. The van der Waals surface area contributed by atoms with Gasteiger partial charge in [0.1, 0.15) is 11.5 Å². The molecule has 0 heterocycles. The third-order valence-electron chi connectivity index (χ3n) is 4.11. The van der Waals surface area contributed by atoms with Crippen LogP contribution in [0.25, 0.3) is 0 Å². The second-order valence-corrected chi connectivity index (χ2v) is 7.60. The molecule has 0 aliphatic rings. The van der Waals surface area contributed by atoms with E-state index in [0.717, 1.165) is 24.8 Å². The molecule has 0 saturated carbocycles. The van der Waals surface area contributed by atoms with Crippen LogP contribution in [0.3, 0.4) is 0 Å². The second-order valence-electron chi connectivity index (χ2n) is 6.18. The number of rotatable bonds is 10. The summed E-state index contributed by atoms with van der Waals surface area (Å²) in [5.41, 5.74) is 0.951. The van der Waals surface area contributed by atoms with Crippen molar-refractivity contribution in [3.8, 4) is 11.5 Å². The zero-order valence-corrected chi connectivity index (χ0v) is 15.5. The van der Waals surface area contributed by atoms with E-state index < -0.39 is 10.1 Å². The SMILES string of the molecule is CCCCCCCCc1ccc(S(=O)(=O)O)cc1Oc1ccccc1. The average Bonchev–Trinajstić information content (AvgIpc) is 2.59. The Morgan fingerprint density at radius 2 is 1.60 bits per heavy atom. The molecule has 4 nitrogen and oxygen atoms in total. The molecular weight excluding hydrogens is 336 g/mol. The van der Waals surface area contributed by atoms with E-state index in [9.17, 15) is 13.0 Å². The zero-order chi connectivity index (χ0) is 18.1. The first kappa shape index (κ1) is 19.5. The fraction of sp³-hybridized carbons (Fsp3) is 0.400. The molecule has 136 valence electrons. The summed E-state index contributed by atoms with van der Waals surface area (Å²) in [4.78, 5) is -0.148. The van der Waals surface area contributed by atoms with E-state index in [0.29, 0.717) is 11.5 Å². The number of para-hydroxylation sites is 1. The van der Waals surface area contributed by atoms with Gasteiger partial charge in [-0.25, -0.2) is 0 Å². The number of hydrogen-bond donors (Lipinski definition) is 1. The molecule has 1 N–H and O–H groups in total. The van der Waals surface area contributed by atoms with Crippen molar-refractivity contribution in [3.63, 3.8) is 0 Å². The molecule has 0 spiro atoms. The number of aryl methyl sites for hydroxylation is 1. The normalized spacial score (nSPS) is 11.4. The maximum absolute atomic E-state index is 11.4. The highest BCUT2D eigenvalue weighted by molar-refractivity contribution is 7.85. The van der Waals surface area contributed by atoms with Crippen LogP contribution in [-0.2, 0) is 16.5 Å². The molecule has 0 aromatic heterocycles. The summed E-state index contributed by atoms with van der Waals surface area (Å²) >= 11 is 0. The maximum Gasteiger partial charge on any atom is 0.294 e. The summed E-state index contributed by atoms with van der Waals surface area (Å²) in [6.07, 6.45) is 7.96. The quantitative estimate of drug-likeness (QED) is 0.439. The zero-order valence-electron chi connectivity index (χ0n) is 14.6. The summed E-state index contributed by atoms with van der Waals surface area (Å²) in [6, 6.07) is 13.8. The Morgan fingerprint density at radius 1 is 0.920 bits per heavy atom. The van der Waals surface area contributed by atoms with Crippen LogP contribution >= 0.6 is 0 Å². The van der Waals surface area contributed by atoms with Crippen LogP contribution in [0.15, 0.2) is 53.4 Å². The molecule has 0 amide bonds. The molecule has 0 aliphatic carbocycles. The van der Waals surface area contributed by atoms with Crippen molar-refractivity contribution in [1.29, 1.82) is 0 Å². The van der Waals surface area contributed by atoms with Gasteiger partial charge in [-0.1, -0.05) is 63.3 Å². The van der Waals surface area contributed by atoms with E-state index in [-0.39, 0.29) is 4.90 Å². The molecule has 2 rings (SSSR count). The van der Waals surface area contributed by atoms with Crippen molar-refractivity contribution in [2.75, 3.05) is 0 Å². The predicted molar refractivity (Wildman–Crippen MR) is 99.9 cm³/mol. The van der Waals surface area contributed by atoms with Crippen LogP contribution in [0.1, 0.15) is 51.0 Å². The lowest BCUT2D eigenvalue weighted by atomic mass is 10.0. The Hall–Kier alpha value is -1.85. The molecule has 0 fully saturated rings. The van der Waals surface area contributed by atoms with E-state index >= 15 is 0 Å². The minimum Gasteiger partial charge on any atom is -0.457 e. The van der Waals surface area contributed by atoms with Crippen molar-refractivity contribution in [1.82, 2.24) is 0 Å². The highest BCUT2D eigenvalue weighted by Gasteiger charge is 2.14. The van der Waals surface area contributed by atoms with Gasteiger partial charge in [0, 0.05) is 6.07 Å². The fourth-order valence-electron chi connectivity index (χ4n) is 2.71. The summed E-state index contributed by atoms with van der Waals surface area (Å²) in [5, 5.41) is 0. The van der Waals surface area contributed by atoms with Crippen molar-refractivity contribution < 1.29 is 17.7 Å². The Balaban J connectivity index is 2.11. The van der Waals surface area contributed by atoms with Gasteiger partial charge in [-0.15, -0.1) is 0 Å². The lowest BCUT2D eigenvalue weighted by Gasteiger charge is -2.12. The molecule has 0 atom stereocenters. The summed E-state index contributed by atoms with van der Waals surface area (Å²) < 4.78 is 38.0. The van der Waals surface area contributed by atoms with Gasteiger partial charge in [-0.3, -0.25) is 4.55 Å².